The topological polar surface area (TPSA) is 83.6 Å². The van der Waals surface area contributed by atoms with Crippen LogP contribution in [0.4, 0.5) is 5.82 Å². The van der Waals surface area contributed by atoms with E-state index in [2.05, 4.69) is 25.1 Å². The van der Waals surface area contributed by atoms with E-state index in [1.165, 1.54) is 0 Å². The zero-order chi connectivity index (χ0) is 10.8. The molecular weight excluding hydrogens is 214 g/mol. The molecule has 0 atom stereocenters. The van der Waals surface area contributed by atoms with E-state index >= 15 is 0 Å². The zero-order valence-corrected chi connectivity index (χ0v) is 9.05. The highest BCUT2D eigenvalue weighted by molar-refractivity contribution is 7.08. The van der Waals surface area contributed by atoms with Crippen LogP contribution < -0.4 is 5.32 Å². The van der Waals surface area contributed by atoms with Crippen LogP contribution in [0.3, 0.4) is 0 Å². The van der Waals surface area contributed by atoms with E-state index in [1.807, 2.05) is 6.92 Å². The zero-order valence-electron chi connectivity index (χ0n) is 8.24. The van der Waals surface area contributed by atoms with Crippen LogP contribution in [0, 0.1) is 13.8 Å². The third kappa shape index (κ3) is 2.01. The van der Waals surface area contributed by atoms with Crippen molar-refractivity contribution in [1.29, 1.82) is 0 Å². The van der Waals surface area contributed by atoms with Gasteiger partial charge in [-0.25, -0.2) is 0 Å². The predicted octanol–water partition coefficient (Wildman–Crippen LogP) is 1.13. The molecule has 0 saturated carbocycles. The number of aromatic amines is 1. The summed E-state index contributed by atoms with van der Waals surface area (Å²) in [5, 5.41) is 13.1. The summed E-state index contributed by atoms with van der Waals surface area (Å²) in [6.45, 7) is 3.61. The maximum absolute atomic E-state index is 11.7. The van der Waals surface area contributed by atoms with Crippen molar-refractivity contribution in [3.8, 4) is 0 Å². The van der Waals surface area contributed by atoms with E-state index in [-0.39, 0.29) is 5.91 Å². The number of rotatable bonds is 2. The van der Waals surface area contributed by atoms with E-state index in [0.717, 1.165) is 17.2 Å². The fourth-order valence-electron chi connectivity index (χ4n) is 1.09. The molecule has 2 rings (SSSR count). The lowest BCUT2D eigenvalue weighted by Gasteiger charge is -1.97. The molecule has 6 nitrogen and oxygen atoms in total. The molecule has 0 fully saturated rings. The van der Waals surface area contributed by atoms with E-state index in [9.17, 15) is 4.79 Å². The van der Waals surface area contributed by atoms with Crippen molar-refractivity contribution in [2.45, 2.75) is 13.8 Å². The van der Waals surface area contributed by atoms with E-state index in [1.54, 1.807) is 13.0 Å². The first kappa shape index (κ1) is 9.78. The number of aryl methyl sites for hydroxylation is 2. The molecule has 0 aromatic carbocycles. The van der Waals surface area contributed by atoms with Crippen molar-refractivity contribution < 1.29 is 4.79 Å². The molecule has 1 amide bonds. The van der Waals surface area contributed by atoms with Crippen LogP contribution >= 0.6 is 11.5 Å². The normalized spacial score (nSPS) is 10.3. The van der Waals surface area contributed by atoms with Crippen molar-refractivity contribution in [2.75, 3.05) is 5.32 Å². The number of anilines is 1. The Labute approximate surface area is 89.9 Å². The monoisotopic (exact) mass is 223 g/mol. The Bertz CT molecular complexity index is 489. The first-order valence-corrected chi connectivity index (χ1v) is 5.06. The molecule has 2 heterocycles. The molecule has 0 bridgehead atoms. The predicted molar refractivity (Wildman–Crippen MR) is 55.9 cm³/mol. The summed E-state index contributed by atoms with van der Waals surface area (Å²) in [4.78, 5) is 12.2. The minimum atomic E-state index is -0.228. The first-order chi connectivity index (χ1) is 7.16. The number of carbonyl (C=O) groups is 1. The highest BCUT2D eigenvalue weighted by Crippen LogP contribution is 2.12. The van der Waals surface area contributed by atoms with Crippen LogP contribution in [0.5, 0.6) is 0 Å². The number of nitrogens with zero attached hydrogens (tertiary/aromatic N) is 3. The number of hydrogen-bond donors (Lipinski definition) is 2. The van der Waals surface area contributed by atoms with Gasteiger partial charge in [-0.1, -0.05) is 4.49 Å². The lowest BCUT2D eigenvalue weighted by molar-refractivity contribution is 0.102. The molecule has 78 valence electrons. The molecule has 0 saturated heterocycles. The highest BCUT2D eigenvalue weighted by atomic mass is 32.1. The standard InChI is InChI=1S/C8H9N5OS/c1-4-3-6(12-10-4)9-8(14)7-5(2)11-13-15-7/h3H,1-2H3,(H2,9,10,12,14). The number of carbonyl (C=O) groups excluding carboxylic acids is 1. The van der Waals surface area contributed by atoms with Gasteiger partial charge < -0.3 is 5.32 Å². The Morgan fingerprint density at radius 3 is 2.87 bits per heavy atom. The second kappa shape index (κ2) is 3.77. The molecule has 0 aliphatic rings. The van der Waals surface area contributed by atoms with Gasteiger partial charge in [0, 0.05) is 11.8 Å². The van der Waals surface area contributed by atoms with Gasteiger partial charge in [0.15, 0.2) is 5.82 Å². The second-order valence-electron chi connectivity index (χ2n) is 3.08. The van der Waals surface area contributed by atoms with Gasteiger partial charge in [0.25, 0.3) is 5.91 Å². The number of hydrogen-bond acceptors (Lipinski definition) is 5. The average molecular weight is 223 g/mol. The maximum atomic E-state index is 11.7. The molecule has 0 aliphatic carbocycles. The minimum Gasteiger partial charge on any atom is -0.304 e. The minimum absolute atomic E-state index is 0.228. The van der Waals surface area contributed by atoms with Gasteiger partial charge in [-0.2, -0.15) is 5.10 Å². The number of amides is 1. The van der Waals surface area contributed by atoms with Gasteiger partial charge in [-0.15, -0.1) is 5.10 Å². The number of aromatic nitrogens is 4. The van der Waals surface area contributed by atoms with Gasteiger partial charge in [-0.3, -0.25) is 9.89 Å². The Kier molecular flexibility index (Phi) is 2.46. The summed E-state index contributed by atoms with van der Waals surface area (Å²) >= 11 is 1.07. The Balaban J connectivity index is 2.14. The van der Waals surface area contributed by atoms with Gasteiger partial charge in [0.2, 0.25) is 0 Å². The fourth-order valence-corrected chi connectivity index (χ4v) is 1.65. The third-order valence-electron chi connectivity index (χ3n) is 1.81. The first-order valence-electron chi connectivity index (χ1n) is 4.29. The maximum Gasteiger partial charge on any atom is 0.270 e. The van der Waals surface area contributed by atoms with Crippen LogP contribution in [0.25, 0.3) is 0 Å². The largest absolute Gasteiger partial charge is 0.304 e. The van der Waals surface area contributed by atoms with Crippen LogP contribution in [0.2, 0.25) is 0 Å². The Hall–Kier alpha value is -1.76. The average Bonchev–Trinajstić information content (AvgIpc) is 2.75. The fraction of sp³-hybridized carbons (Fsp3) is 0.250. The van der Waals surface area contributed by atoms with Crippen molar-refractivity contribution in [3.63, 3.8) is 0 Å². The summed E-state index contributed by atoms with van der Waals surface area (Å²) < 4.78 is 3.69. The highest BCUT2D eigenvalue weighted by Gasteiger charge is 2.13. The lowest BCUT2D eigenvalue weighted by Crippen LogP contribution is -2.11. The molecule has 2 aromatic rings. The van der Waals surface area contributed by atoms with Crippen molar-refractivity contribution in [1.82, 2.24) is 19.8 Å². The van der Waals surface area contributed by atoms with E-state index in [0.29, 0.717) is 16.4 Å². The smallest absolute Gasteiger partial charge is 0.270 e. The number of nitrogens with one attached hydrogen (secondary N) is 2. The molecule has 2 aromatic heterocycles. The summed E-state index contributed by atoms with van der Waals surface area (Å²) in [7, 11) is 0. The summed E-state index contributed by atoms with van der Waals surface area (Å²) in [6, 6.07) is 1.75. The van der Waals surface area contributed by atoms with Crippen molar-refractivity contribution >= 4 is 23.3 Å². The van der Waals surface area contributed by atoms with Gasteiger partial charge >= 0.3 is 0 Å². The quantitative estimate of drug-likeness (QED) is 0.799. The Morgan fingerprint density at radius 1 is 1.53 bits per heavy atom. The second-order valence-corrected chi connectivity index (χ2v) is 3.83. The van der Waals surface area contributed by atoms with E-state index < -0.39 is 0 Å². The van der Waals surface area contributed by atoms with Crippen molar-refractivity contribution in [3.05, 3.63) is 22.3 Å². The molecule has 0 spiro atoms. The molecule has 7 heteroatoms. The molecular formula is C8H9N5OS. The van der Waals surface area contributed by atoms with Gasteiger partial charge in [0.05, 0.1) is 5.69 Å². The molecule has 0 unspecified atom stereocenters. The third-order valence-corrected chi connectivity index (χ3v) is 2.63. The summed E-state index contributed by atoms with van der Waals surface area (Å²) in [5.41, 5.74) is 1.52. The molecule has 15 heavy (non-hydrogen) atoms. The summed E-state index contributed by atoms with van der Waals surface area (Å²) in [6.07, 6.45) is 0. The Morgan fingerprint density at radius 2 is 2.33 bits per heavy atom. The molecule has 0 radical (unpaired) electrons. The lowest BCUT2D eigenvalue weighted by atomic mass is 10.4. The van der Waals surface area contributed by atoms with E-state index in [4.69, 9.17) is 0 Å². The van der Waals surface area contributed by atoms with Crippen LogP contribution in [-0.4, -0.2) is 25.7 Å². The van der Waals surface area contributed by atoms with Crippen LogP contribution in [0.1, 0.15) is 21.1 Å². The number of H-pyrrole nitrogens is 1. The van der Waals surface area contributed by atoms with Crippen molar-refractivity contribution in [2.24, 2.45) is 0 Å². The van der Waals surface area contributed by atoms with Crippen LogP contribution in [-0.2, 0) is 0 Å². The molecule has 0 aliphatic heterocycles. The molecule has 2 N–H and O–H groups in total. The summed E-state index contributed by atoms with van der Waals surface area (Å²) in [5.74, 6) is 0.277. The van der Waals surface area contributed by atoms with Gasteiger partial charge in [0.1, 0.15) is 4.88 Å². The van der Waals surface area contributed by atoms with Crippen LogP contribution in [0.15, 0.2) is 6.07 Å². The SMILES string of the molecule is Cc1cc(NC(=O)c2snnc2C)n[nH]1. The van der Waals surface area contributed by atoms with Gasteiger partial charge in [-0.05, 0) is 25.4 Å².